The average molecular weight is 394 g/mol. The molecule has 0 bridgehead atoms. The number of halogens is 1. The Hall–Kier alpha value is -2.65. The van der Waals surface area contributed by atoms with E-state index < -0.39 is 15.2 Å². The van der Waals surface area contributed by atoms with Crippen molar-refractivity contribution in [2.45, 2.75) is 19.0 Å². The number of nitrogens with one attached hydrogen (secondary N) is 1. The molecule has 2 heterocycles. The minimum absolute atomic E-state index is 0.107. The van der Waals surface area contributed by atoms with Crippen molar-refractivity contribution in [1.82, 2.24) is 19.6 Å². The number of hydrogen-bond acceptors (Lipinski definition) is 6. The quantitative estimate of drug-likeness (QED) is 0.646. The molecule has 0 saturated heterocycles. The van der Waals surface area contributed by atoms with Gasteiger partial charge in [0.1, 0.15) is 18.0 Å². The van der Waals surface area contributed by atoms with Crippen LogP contribution in [0.25, 0.3) is 5.78 Å². The predicted molar refractivity (Wildman–Crippen MR) is 98.2 cm³/mol. The summed E-state index contributed by atoms with van der Waals surface area (Å²) in [5, 5.41) is 3.81. The highest BCUT2D eigenvalue weighted by atomic mass is 35.5. The van der Waals surface area contributed by atoms with Gasteiger partial charge in [-0.05, 0) is 32.0 Å². The molecule has 1 N–H and O–H groups in total. The molecule has 0 atom stereocenters. The second kappa shape index (κ2) is 6.93. The van der Waals surface area contributed by atoms with Crippen molar-refractivity contribution in [1.29, 1.82) is 0 Å². The lowest BCUT2D eigenvalue weighted by molar-refractivity contribution is 0.365. The maximum absolute atomic E-state index is 12.7. The molecule has 0 saturated carbocycles. The Kier molecular flexibility index (Phi) is 4.84. The zero-order chi connectivity index (χ0) is 18.9. The summed E-state index contributed by atoms with van der Waals surface area (Å²) in [5.41, 5.74) is 1.54. The van der Waals surface area contributed by atoms with Gasteiger partial charge in [0.2, 0.25) is 0 Å². The lowest BCUT2D eigenvalue weighted by Gasteiger charge is -2.12. The number of aromatic nitrogens is 4. The Balaban J connectivity index is 2.02. The summed E-state index contributed by atoms with van der Waals surface area (Å²) < 4.78 is 34.7. The zero-order valence-electron chi connectivity index (χ0n) is 14.1. The first kappa shape index (κ1) is 18.2. The van der Waals surface area contributed by atoms with Crippen molar-refractivity contribution in [2.75, 3.05) is 11.3 Å². The Morgan fingerprint density at radius 1 is 1.35 bits per heavy atom. The normalized spacial score (nSPS) is 11.5. The maximum Gasteiger partial charge on any atom is 0.299 e. The molecule has 0 spiro atoms. The van der Waals surface area contributed by atoms with Crippen LogP contribution in [0.2, 0.25) is 5.02 Å². The molecule has 0 fully saturated rings. The Morgan fingerprint density at radius 2 is 2.12 bits per heavy atom. The smallest absolute Gasteiger partial charge is 0.299 e. The number of benzene rings is 1. The number of rotatable bonds is 6. The predicted octanol–water partition coefficient (Wildman–Crippen LogP) is 2.76. The zero-order valence-corrected chi connectivity index (χ0v) is 15.7. The lowest BCUT2D eigenvalue weighted by atomic mass is 10.3. The molecule has 0 aliphatic heterocycles. The number of nitrogens with zero attached hydrogens (tertiary/aromatic N) is 4. The van der Waals surface area contributed by atoms with Crippen LogP contribution in [-0.2, 0) is 10.0 Å². The molecule has 0 aliphatic rings. The van der Waals surface area contributed by atoms with Crippen molar-refractivity contribution in [3.05, 3.63) is 53.3 Å². The summed E-state index contributed by atoms with van der Waals surface area (Å²) in [7, 11) is -4.10. The van der Waals surface area contributed by atoms with E-state index in [1.165, 1.54) is 4.52 Å². The maximum atomic E-state index is 12.7. The Labute approximate surface area is 155 Å². The van der Waals surface area contributed by atoms with Crippen LogP contribution in [0.5, 0.6) is 5.75 Å². The second-order valence-corrected chi connectivity index (χ2v) is 7.45. The van der Waals surface area contributed by atoms with Gasteiger partial charge < -0.3 is 4.74 Å². The van der Waals surface area contributed by atoms with Crippen molar-refractivity contribution in [3.63, 3.8) is 0 Å². The highest BCUT2D eigenvalue weighted by molar-refractivity contribution is 7.92. The monoisotopic (exact) mass is 393 g/mol. The lowest BCUT2D eigenvalue weighted by Crippen LogP contribution is -2.16. The summed E-state index contributed by atoms with van der Waals surface area (Å²) >= 11 is 6.14. The Morgan fingerprint density at radius 3 is 2.85 bits per heavy atom. The van der Waals surface area contributed by atoms with Crippen molar-refractivity contribution >= 4 is 33.1 Å². The molecule has 0 amide bonds. The van der Waals surface area contributed by atoms with E-state index in [2.05, 4.69) is 26.4 Å². The third-order valence-electron chi connectivity index (χ3n) is 3.41. The molecular formula is C16H16ClN5O3S. The molecule has 136 valence electrons. The molecule has 0 aliphatic carbocycles. The highest BCUT2D eigenvalue weighted by Gasteiger charge is 2.24. The van der Waals surface area contributed by atoms with Crippen LogP contribution in [0.1, 0.15) is 11.4 Å². The SMILES string of the molecule is C=CCOc1cccc(Cl)c1NS(=O)(=O)c1nc2nc(C)cc(C)n2n1. The van der Waals surface area contributed by atoms with Crippen LogP contribution in [0.15, 0.2) is 42.1 Å². The number of anilines is 1. The number of para-hydroxylation sites is 1. The third-order valence-corrected chi connectivity index (χ3v) is 4.85. The largest absolute Gasteiger partial charge is 0.487 e. The van der Waals surface area contributed by atoms with Gasteiger partial charge >= 0.3 is 0 Å². The van der Waals surface area contributed by atoms with Gasteiger partial charge in [0.05, 0.1) is 5.02 Å². The van der Waals surface area contributed by atoms with Crippen LogP contribution in [-0.4, -0.2) is 34.6 Å². The number of fused-ring (bicyclic) bond motifs is 1. The molecule has 2 aromatic heterocycles. The molecule has 0 unspecified atom stereocenters. The van der Waals surface area contributed by atoms with Gasteiger partial charge in [-0.2, -0.15) is 13.4 Å². The van der Waals surface area contributed by atoms with Gasteiger partial charge in [0, 0.05) is 11.4 Å². The summed E-state index contributed by atoms with van der Waals surface area (Å²) in [6.07, 6.45) is 1.54. The van der Waals surface area contributed by atoms with E-state index in [-0.39, 0.29) is 28.8 Å². The topological polar surface area (TPSA) is 98.5 Å². The standard InChI is InChI=1S/C16H16ClN5O3S/c1-4-8-25-13-7-5-6-12(17)14(13)21-26(23,24)16-19-15-18-10(2)9-11(3)22(15)20-16/h4-7,9,21H,1,8H2,2-3H3. The molecule has 3 rings (SSSR count). The molecule has 26 heavy (non-hydrogen) atoms. The van der Waals surface area contributed by atoms with Crippen LogP contribution < -0.4 is 9.46 Å². The van der Waals surface area contributed by atoms with Gasteiger partial charge in [-0.25, -0.2) is 9.50 Å². The molecule has 3 aromatic rings. The second-order valence-electron chi connectivity index (χ2n) is 5.46. The van der Waals surface area contributed by atoms with Crippen LogP contribution >= 0.6 is 11.6 Å². The number of aryl methyl sites for hydroxylation is 2. The summed E-state index contributed by atoms with van der Waals surface area (Å²) in [4.78, 5) is 8.20. The number of ether oxygens (including phenoxy) is 1. The van der Waals surface area contributed by atoms with Crippen LogP contribution in [0, 0.1) is 13.8 Å². The van der Waals surface area contributed by atoms with E-state index in [9.17, 15) is 8.42 Å². The molecular weight excluding hydrogens is 378 g/mol. The minimum Gasteiger partial charge on any atom is -0.487 e. The van der Waals surface area contributed by atoms with E-state index in [0.717, 1.165) is 0 Å². The first-order chi connectivity index (χ1) is 12.3. The van der Waals surface area contributed by atoms with Gasteiger partial charge in [0.15, 0.2) is 0 Å². The third kappa shape index (κ3) is 3.49. The van der Waals surface area contributed by atoms with Gasteiger partial charge in [0.25, 0.3) is 21.0 Å². The fourth-order valence-electron chi connectivity index (χ4n) is 2.31. The van der Waals surface area contributed by atoms with E-state index in [1.807, 2.05) is 0 Å². The fraction of sp³-hybridized carbons (Fsp3) is 0.188. The van der Waals surface area contributed by atoms with Crippen molar-refractivity contribution < 1.29 is 13.2 Å². The van der Waals surface area contributed by atoms with Gasteiger partial charge in [-0.3, -0.25) is 4.72 Å². The van der Waals surface area contributed by atoms with Gasteiger partial charge in [-0.1, -0.05) is 30.3 Å². The van der Waals surface area contributed by atoms with Gasteiger partial charge in [-0.15, -0.1) is 5.10 Å². The molecule has 1 aromatic carbocycles. The highest BCUT2D eigenvalue weighted by Crippen LogP contribution is 2.33. The van der Waals surface area contributed by atoms with E-state index in [1.54, 1.807) is 44.2 Å². The van der Waals surface area contributed by atoms with Crippen LogP contribution in [0.4, 0.5) is 5.69 Å². The fourth-order valence-corrected chi connectivity index (χ4v) is 3.54. The average Bonchev–Trinajstić information content (AvgIpc) is 3.00. The summed E-state index contributed by atoms with van der Waals surface area (Å²) in [5.74, 6) is 0.472. The Bertz CT molecular complexity index is 1090. The van der Waals surface area contributed by atoms with E-state index in [0.29, 0.717) is 11.4 Å². The summed E-state index contributed by atoms with van der Waals surface area (Å²) in [6, 6.07) is 6.57. The number of sulfonamides is 1. The van der Waals surface area contributed by atoms with Crippen LogP contribution in [0.3, 0.4) is 0 Å². The van der Waals surface area contributed by atoms with Crippen molar-refractivity contribution in [3.8, 4) is 5.75 Å². The van der Waals surface area contributed by atoms with E-state index >= 15 is 0 Å². The first-order valence-corrected chi connectivity index (χ1v) is 9.44. The van der Waals surface area contributed by atoms with Crippen molar-refractivity contribution in [2.24, 2.45) is 0 Å². The van der Waals surface area contributed by atoms with E-state index in [4.69, 9.17) is 16.3 Å². The molecule has 8 nitrogen and oxygen atoms in total. The minimum atomic E-state index is -4.10. The first-order valence-electron chi connectivity index (χ1n) is 7.58. The molecule has 10 heteroatoms. The molecule has 0 radical (unpaired) electrons. The number of hydrogen-bond donors (Lipinski definition) is 1. The summed E-state index contributed by atoms with van der Waals surface area (Å²) in [6.45, 7) is 7.34.